The van der Waals surface area contributed by atoms with Crippen molar-refractivity contribution in [3.05, 3.63) is 42.0 Å². The van der Waals surface area contributed by atoms with Crippen LogP contribution in [-0.4, -0.2) is 41.1 Å². The number of hydrogen-bond acceptors (Lipinski definition) is 5. The molecule has 0 amide bonds. The molecule has 2 aromatic heterocycles. The summed E-state index contributed by atoms with van der Waals surface area (Å²) in [6, 6.07) is 2.44. The Kier molecular flexibility index (Phi) is 3.77. The Morgan fingerprint density at radius 2 is 1.64 bits per heavy atom. The third-order valence-corrected chi connectivity index (χ3v) is 5.04. The van der Waals surface area contributed by atoms with E-state index in [-0.39, 0.29) is 5.82 Å². The van der Waals surface area contributed by atoms with Crippen molar-refractivity contribution in [2.75, 3.05) is 36.0 Å². The number of alkyl halides is 3. The summed E-state index contributed by atoms with van der Waals surface area (Å²) >= 11 is 0. The van der Waals surface area contributed by atoms with Crippen molar-refractivity contribution in [2.45, 2.75) is 13.1 Å². The van der Waals surface area contributed by atoms with Crippen LogP contribution in [0.1, 0.15) is 11.1 Å². The van der Waals surface area contributed by atoms with Gasteiger partial charge in [-0.05, 0) is 19.1 Å². The number of fused-ring (bicyclic) bond motifs is 1. The Morgan fingerprint density at radius 3 is 2.24 bits per heavy atom. The predicted octanol–water partition coefficient (Wildman–Crippen LogP) is 2.77. The number of halogens is 3. The van der Waals surface area contributed by atoms with Crippen LogP contribution in [0.5, 0.6) is 0 Å². The third kappa shape index (κ3) is 2.89. The average molecular weight is 349 g/mol. The number of pyridine rings is 1. The van der Waals surface area contributed by atoms with Gasteiger partial charge in [0.15, 0.2) is 0 Å². The highest BCUT2D eigenvalue weighted by Crippen LogP contribution is 2.40. The molecule has 132 valence electrons. The molecule has 2 aromatic rings. The van der Waals surface area contributed by atoms with Crippen LogP contribution in [0.4, 0.5) is 24.8 Å². The fourth-order valence-corrected chi connectivity index (χ4v) is 3.93. The van der Waals surface area contributed by atoms with E-state index in [4.69, 9.17) is 0 Å². The van der Waals surface area contributed by atoms with Crippen molar-refractivity contribution >= 4 is 11.6 Å². The van der Waals surface area contributed by atoms with Crippen molar-refractivity contribution in [3.8, 4) is 0 Å². The monoisotopic (exact) mass is 349 g/mol. The SMILES string of the molecule is Cc1cncnc1N1CC2CN(c3ncccc3C(F)(F)F)CC2C1. The summed E-state index contributed by atoms with van der Waals surface area (Å²) in [6.45, 7) is 4.75. The molecule has 0 spiro atoms. The normalized spacial score (nSPS) is 23.2. The van der Waals surface area contributed by atoms with E-state index < -0.39 is 11.7 Å². The zero-order valence-electron chi connectivity index (χ0n) is 13.7. The van der Waals surface area contributed by atoms with Crippen LogP contribution < -0.4 is 9.80 Å². The van der Waals surface area contributed by atoms with Gasteiger partial charge in [-0.15, -0.1) is 0 Å². The second-order valence-electron chi connectivity index (χ2n) is 6.73. The molecule has 0 aromatic carbocycles. The van der Waals surface area contributed by atoms with Gasteiger partial charge in [-0.1, -0.05) is 0 Å². The minimum Gasteiger partial charge on any atom is -0.356 e. The molecule has 0 radical (unpaired) electrons. The molecular formula is C17H18F3N5. The molecule has 0 N–H and O–H groups in total. The first kappa shape index (κ1) is 16.1. The van der Waals surface area contributed by atoms with Gasteiger partial charge < -0.3 is 9.80 Å². The molecule has 0 aliphatic carbocycles. The third-order valence-electron chi connectivity index (χ3n) is 5.04. The summed E-state index contributed by atoms with van der Waals surface area (Å²) in [6.07, 6.45) is 0.360. The van der Waals surface area contributed by atoms with Gasteiger partial charge in [-0.25, -0.2) is 15.0 Å². The van der Waals surface area contributed by atoms with Gasteiger partial charge in [0.25, 0.3) is 0 Å². The van der Waals surface area contributed by atoms with Gasteiger partial charge in [0.2, 0.25) is 0 Å². The standard InChI is InChI=1S/C17H18F3N5/c1-11-5-21-10-23-15(11)24-6-12-8-25(9-13(12)7-24)16-14(17(18,19)20)3-2-4-22-16/h2-5,10,12-13H,6-9H2,1H3. The molecule has 4 rings (SSSR count). The first-order valence-corrected chi connectivity index (χ1v) is 8.22. The number of aryl methyl sites for hydroxylation is 1. The fourth-order valence-electron chi connectivity index (χ4n) is 3.93. The molecule has 0 saturated carbocycles. The number of nitrogens with zero attached hydrogens (tertiary/aromatic N) is 5. The van der Waals surface area contributed by atoms with Crippen molar-refractivity contribution in [1.29, 1.82) is 0 Å². The molecule has 5 nitrogen and oxygen atoms in total. The summed E-state index contributed by atoms with van der Waals surface area (Å²) in [7, 11) is 0. The van der Waals surface area contributed by atoms with Crippen molar-refractivity contribution in [1.82, 2.24) is 15.0 Å². The summed E-state index contributed by atoms with van der Waals surface area (Å²) in [5.74, 6) is 1.61. The summed E-state index contributed by atoms with van der Waals surface area (Å²) in [5, 5.41) is 0. The highest BCUT2D eigenvalue weighted by Gasteiger charge is 2.43. The lowest BCUT2D eigenvalue weighted by Crippen LogP contribution is -2.31. The van der Waals surface area contributed by atoms with Crippen LogP contribution in [0.3, 0.4) is 0 Å². The Hall–Kier alpha value is -2.38. The van der Waals surface area contributed by atoms with Crippen LogP contribution in [-0.2, 0) is 6.18 Å². The highest BCUT2D eigenvalue weighted by atomic mass is 19.4. The van der Waals surface area contributed by atoms with Gasteiger partial charge >= 0.3 is 6.18 Å². The van der Waals surface area contributed by atoms with Crippen LogP contribution >= 0.6 is 0 Å². The topological polar surface area (TPSA) is 45.2 Å². The van der Waals surface area contributed by atoms with Crippen molar-refractivity contribution < 1.29 is 13.2 Å². The maximum absolute atomic E-state index is 13.2. The number of aromatic nitrogens is 3. The molecule has 8 heteroatoms. The van der Waals surface area contributed by atoms with Gasteiger partial charge in [0.05, 0.1) is 5.56 Å². The minimum atomic E-state index is -4.38. The quantitative estimate of drug-likeness (QED) is 0.834. The van der Waals surface area contributed by atoms with E-state index in [1.807, 2.05) is 6.92 Å². The Balaban J connectivity index is 1.52. The van der Waals surface area contributed by atoms with Gasteiger partial charge in [0, 0.05) is 56.0 Å². The fraction of sp³-hybridized carbons (Fsp3) is 0.471. The smallest absolute Gasteiger partial charge is 0.356 e. The van der Waals surface area contributed by atoms with Crippen molar-refractivity contribution in [3.63, 3.8) is 0 Å². The summed E-state index contributed by atoms with van der Waals surface area (Å²) in [5.41, 5.74) is 0.363. The molecule has 2 fully saturated rings. The first-order chi connectivity index (χ1) is 11.9. The molecule has 4 heterocycles. The van der Waals surface area contributed by atoms with Gasteiger partial charge in [0.1, 0.15) is 18.0 Å². The lowest BCUT2D eigenvalue weighted by molar-refractivity contribution is -0.137. The molecular weight excluding hydrogens is 331 g/mol. The number of rotatable bonds is 2. The maximum Gasteiger partial charge on any atom is 0.419 e. The van der Waals surface area contributed by atoms with E-state index in [1.165, 1.54) is 18.6 Å². The first-order valence-electron chi connectivity index (χ1n) is 8.22. The van der Waals surface area contributed by atoms with Gasteiger partial charge in [-0.2, -0.15) is 13.2 Å². The Bertz CT molecular complexity index is 765. The number of hydrogen-bond donors (Lipinski definition) is 0. The molecule has 0 bridgehead atoms. The van der Waals surface area contributed by atoms with E-state index in [2.05, 4.69) is 19.9 Å². The van der Waals surface area contributed by atoms with Crippen LogP contribution in [0.15, 0.2) is 30.9 Å². The molecule has 2 saturated heterocycles. The maximum atomic E-state index is 13.2. The highest BCUT2D eigenvalue weighted by molar-refractivity contribution is 5.51. The van der Waals surface area contributed by atoms with E-state index in [0.29, 0.717) is 24.9 Å². The predicted molar refractivity (Wildman–Crippen MR) is 87.4 cm³/mol. The number of anilines is 2. The Morgan fingerprint density at radius 1 is 1.00 bits per heavy atom. The minimum absolute atomic E-state index is 0.0502. The largest absolute Gasteiger partial charge is 0.419 e. The van der Waals surface area contributed by atoms with Crippen LogP contribution in [0.2, 0.25) is 0 Å². The van der Waals surface area contributed by atoms with Crippen LogP contribution in [0.25, 0.3) is 0 Å². The zero-order valence-corrected chi connectivity index (χ0v) is 13.7. The van der Waals surface area contributed by atoms with E-state index in [9.17, 15) is 13.2 Å². The van der Waals surface area contributed by atoms with Gasteiger partial charge in [-0.3, -0.25) is 0 Å². The van der Waals surface area contributed by atoms with E-state index in [0.717, 1.165) is 30.5 Å². The van der Waals surface area contributed by atoms with Crippen LogP contribution in [0, 0.1) is 18.8 Å². The molecule has 2 unspecified atom stereocenters. The molecule has 2 atom stereocenters. The van der Waals surface area contributed by atoms with E-state index in [1.54, 1.807) is 11.1 Å². The second kappa shape index (κ2) is 5.86. The lowest BCUT2D eigenvalue weighted by Gasteiger charge is -2.25. The summed E-state index contributed by atoms with van der Waals surface area (Å²) in [4.78, 5) is 16.4. The van der Waals surface area contributed by atoms with E-state index >= 15 is 0 Å². The zero-order chi connectivity index (χ0) is 17.6. The molecule has 2 aliphatic rings. The average Bonchev–Trinajstić information content (AvgIpc) is 3.13. The summed E-state index contributed by atoms with van der Waals surface area (Å²) < 4.78 is 39.7. The lowest BCUT2D eigenvalue weighted by atomic mass is 10.0. The molecule has 2 aliphatic heterocycles. The second-order valence-corrected chi connectivity index (χ2v) is 6.73. The molecule has 25 heavy (non-hydrogen) atoms. The Labute approximate surface area is 143 Å². The van der Waals surface area contributed by atoms with Crippen molar-refractivity contribution in [2.24, 2.45) is 11.8 Å².